The van der Waals surface area contributed by atoms with Gasteiger partial charge in [-0.05, 0) is 38.1 Å². The molecule has 0 bridgehead atoms. The zero-order valence-corrected chi connectivity index (χ0v) is 13.2. The number of hydrogen-bond acceptors (Lipinski definition) is 3. The molecule has 0 radical (unpaired) electrons. The molecule has 1 fully saturated rings. The Hall–Kier alpha value is -0.610. The molecular weight excluding hydrogens is 240 g/mol. The van der Waals surface area contributed by atoms with Crippen molar-refractivity contribution in [3.63, 3.8) is 0 Å². The maximum Gasteiger partial charge on any atom is 0.226 e. The Morgan fingerprint density at radius 1 is 1.26 bits per heavy atom. The van der Waals surface area contributed by atoms with Gasteiger partial charge in [-0.25, -0.2) is 0 Å². The number of carbonyl (C=O) groups is 1. The van der Waals surface area contributed by atoms with Gasteiger partial charge in [0.1, 0.15) is 0 Å². The monoisotopic (exact) mass is 270 g/mol. The van der Waals surface area contributed by atoms with E-state index in [2.05, 4.69) is 33.0 Å². The first-order valence-corrected chi connectivity index (χ1v) is 7.34. The van der Waals surface area contributed by atoms with E-state index in [-0.39, 0.29) is 41.4 Å². The van der Waals surface area contributed by atoms with Crippen molar-refractivity contribution in [2.45, 2.75) is 66.2 Å². The van der Waals surface area contributed by atoms with Crippen molar-refractivity contribution in [3.8, 4) is 0 Å². The van der Waals surface area contributed by atoms with Gasteiger partial charge in [0.2, 0.25) is 5.91 Å². The van der Waals surface area contributed by atoms with Gasteiger partial charge in [0.05, 0.1) is 18.1 Å². The maximum absolute atomic E-state index is 12.5. The third-order valence-corrected chi connectivity index (χ3v) is 4.36. The van der Waals surface area contributed by atoms with Crippen LogP contribution in [0.1, 0.15) is 48.0 Å². The summed E-state index contributed by atoms with van der Waals surface area (Å²) >= 11 is 0. The number of nitrogens with two attached hydrogens (primary N) is 1. The molecule has 3 N–H and O–H groups in total. The molecule has 0 aromatic heterocycles. The quantitative estimate of drug-likeness (QED) is 0.820. The Labute approximate surface area is 117 Å². The van der Waals surface area contributed by atoms with Gasteiger partial charge in [0, 0.05) is 6.04 Å². The summed E-state index contributed by atoms with van der Waals surface area (Å²) in [6, 6.07) is 0.111. The lowest BCUT2D eigenvalue weighted by atomic mass is 9.83. The Morgan fingerprint density at radius 3 is 2.21 bits per heavy atom. The van der Waals surface area contributed by atoms with Crippen molar-refractivity contribution in [3.05, 3.63) is 0 Å². The van der Waals surface area contributed by atoms with E-state index in [4.69, 9.17) is 10.5 Å². The van der Waals surface area contributed by atoms with Crippen LogP contribution in [0.4, 0.5) is 0 Å². The largest absolute Gasteiger partial charge is 0.374 e. The summed E-state index contributed by atoms with van der Waals surface area (Å²) in [7, 11) is 0. The van der Waals surface area contributed by atoms with Crippen LogP contribution in [-0.2, 0) is 9.53 Å². The summed E-state index contributed by atoms with van der Waals surface area (Å²) in [5, 5.41) is 3.18. The minimum atomic E-state index is -0.0578. The van der Waals surface area contributed by atoms with Crippen LogP contribution in [0, 0.1) is 17.3 Å². The van der Waals surface area contributed by atoms with Gasteiger partial charge in [-0.2, -0.15) is 0 Å². The molecule has 1 amide bonds. The third kappa shape index (κ3) is 3.93. The molecule has 1 rings (SSSR count). The van der Waals surface area contributed by atoms with Gasteiger partial charge in [0.25, 0.3) is 0 Å². The van der Waals surface area contributed by atoms with Gasteiger partial charge in [0.15, 0.2) is 0 Å². The second kappa shape index (κ2) is 6.23. The Kier molecular flexibility index (Phi) is 5.39. The average molecular weight is 270 g/mol. The van der Waals surface area contributed by atoms with Crippen LogP contribution in [0.25, 0.3) is 0 Å². The fraction of sp³-hybridized carbons (Fsp3) is 0.933. The molecule has 1 saturated heterocycles. The Bertz CT molecular complexity index is 312. The molecule has 4 heteroatoms. The Morgan fingerprint density at radius 2 is 1.84 bits per heavy atom. The molecule has 5 atom stereocenters. The highest BCUT2D eigenvalue weighted by atomic mass is 16.5. The molecule has 0 aromatic rings. The zero-order chi connectivity index (χ0) is 14.8. The molecule has 19 heavy (non-hydrogen) atoms. The Balaban J connectivity index is 2.72. The number of ether oxygens (including phenoxy) is 1. The molecule has 5 unspecified atom stereocenters. The highest BCUT2D eigenvalue weighted by molar-refractivity contribution is 5.80. The third-order valence-electron chi connectivity index (χ3n) is 4.36. The van der Waals surface area contributed by atoms with Crippen LogP contribution in [-0.4, -0.2) is 30.7 Å². The molecule has 0 saturated carbocycles. The second-order valence-electron chi connectivity index (χ2n) is 6.94. The van der Waals surface area contributed by atoms with E-state index >= 15 is 0 Å². The highest BCUT2D eigenvalue weighted by Crippen LogP contribution is 2.33. The van der Waals surface area contributed by atoms with Gasteiger partial charge in [-0.1, -0.05) is 27.7 Å². The van der Waals surface area contributed by atoms with Gasteiger partial charge in [-0.15, -0.1) is 0 Å². The first kappa shape index (κ1) is 16.4. The number of rotatable bonds is 4. The summed E-state index contributed by atoms with van der Waals surface area (Å²) in [4.78, 5) is 12.5. The van der Waals surface area contributed by atoms with Crippen LogP contribution < -0.4 is 11.1 Å². The summed E-state index contributed by atoms with van der Waals surface area (Å²) in [6.07, 6.45) is 0.943. The molecule has 0 aromatic carbocycles. The predicted molar refractivity (Wildman–Crippen MR) is 77.7 cm³/mol. The number of carbonyl (C=O) groups excluding carboxylic acids is 1. The minimum absolute atomic E-state index is 0.0107. The summed E-state index contributed by atoms with van der Waals surface area (Å²) in [6.45, 7) is 13.1. The molecule has 0 aliphatic carbocycles. The molecule has 4 nitrogen and oxygen atoms in total. The van der Waals surface area contributed by atoms with E-state index in [1.165, 1.54) is 0 Å². The van der Waals surface area contributed by atoms with E-state index in [9.17, 15) is 4.79 Å². The molecular formula is C15H30N2O2. The molecule has 1 aliphatic heterocycles. The first-order valence-electron chi connectivity index (χ1n) is 7.34. The van der Waals surface area contributed by atoms with Crippen LogP contribution in [0.2, 0.25) is 0 Å². The van der Waals surface area contributed by atoms with Crippen molar-refractivity contribution < 1.29 is 9.53 Å². The van der Waals surface area contributed by atoms with Crippen molar-refractivity contribution >= 4 is 5.91 Å². The predicted octanol–water partition coefficient (Wildman–Crippen LogP) is 1.93. The van der Waals surface area contributed by atoms with Crippen LogP contribution in [0.3, 0.4) is 0 Å². The van der Waals surface area contributed by atoms with E-state index < -0.39 is 0 Å². The van der Waals surface area contributed by atoms with Crippen LogP contribution in [0.15, 0.2) is 0 Å². The van der Waals surface area contributed by atoms with Crippen molar-refractivity contribution in [2.75, 3.05) is 6.54 Å². The molecule has 1 heterocycles. The fourth-order valence-electron chi connectivity index (χ4n) is 2.87. The normalized spacial score (nSPS) is 33.2. The molecule has 112 valence electrons. The van der Waals surface area contributed by atoms with Gasteiger partial charge in [-0.3, -0.25) is 4.79 Å². The second-order valence-corrected chi connectivity index (χ2v) is 6.94. The standard InChI is InChI=1S/C15H30N2O2/c1-9-10(2)19-11(3)13(9)14(18)17-12(7-8-16)15(4,5)6/h9-13H,7-8,16H2,1-6H3,(H,17,18). The number of amides is 1. The SMILES string of the molecule is CC1OC(C)C(C(=O)NC(CCN)C(C)(C)C)C1C. The number of hydrogen-bond donors (Lipinski definition) is 2. The lowest BCUT2D eigenvalue weighted by Crippen LogP contribution is -2.49. The van der Waals surface area contributed by atoms with Crippen molar-refractivity contribution in [2.24, 2.45) is 23.0 Å². The van der Waals surface area contributed by atoms with E-state index in [0.717, 1.165) is 6.42 Å². The molecule has 0 spiro atoms. The molecule has 1 aliphatic rings. The van der Waals surface area contributed by atoms with Crippen LogP contribution in [0.5, 0.6) is 0 Å². The smallest absolute Gasteiger partial charge is 0.226 e. The van der Waals surface area contributed by atoms with E-state index in [0.29, 0.717) is 6.54 Å². The van der Waals surface area contributed by atoms with E-state index in [1.54, 1.807) is 0 Å². The van der Waals surface area contributed by atoms with Crippen molar-refractivity contribution in [1.82, 2.24) is 5.32 Å². The summed E-state index contributed by atoms with van der Waals surface area (Å²) in [5.74, 6) is 0.309. The summed E-state index contributed by atoms with van der Waals surface area (Å²) < 4.78 is 5.75. The average Bonchev–Trinajstić information content (AvgIpc) is 2.51. The lowest BCUT2D eigenvalue weighted by molar-refractivity contribution is -0.128. The van der Waals surface area contributed by atoms with E-state index in [1.807, 2.05) is 13.8 Å². The van der Waals surface area contributed by atoms with Crippen LogP contribution >= 0.6 is 0 Å². The number of nitrogens with one attached hydrogen (secondary N) is 1. The zero-order valence-electron chi connectivity index (χ0n) is 13.2. The maximum atomic E-state index is 12.5. The topological polar surface area (TPSA) is 64.3 Å². The summed E-state index contributed by atoms with van der Waals surface area (Å²) in [5.41, 5.74) is 5.68. The van der Waals surface area contributed by atoms with Gasteiger partial charge < -0.3 is 15.8 Å². The fourth-order valence-corrected chi connectivity index (χ4v) is 2.87. The minimum Gasteiger partial charge on any atom is -0.374 e. The van der Waals surface area contributed by atoms with Crippen molar-refractivity contribution in [1.29, 1.82) is 0 Å². The lowest BCUT2D eigenvalue weighted by Gasteiger charge is -2.33. The first-order chi connectivity index (χ1) is 8.68. The highest BCUT2D eigenvalue weighted by Gasteiger charge is 2.42. The van der Waals surface area contributed by atoms with Gasteiger partial charge >= 0.3 is 0 Å².